The van der Waals surface area contributed by atoms with Gasteiger partial charge in [0, 0.05) is 11.5 Å². The molecule has 0 aliphatic carbocycles. The summed E-state index contributed by atoms with van der Waals surface area (Å²) in [6.45, 7) is 0. The molecule has 5 heteroatoms. The largest absolute Gasteiger partial charge is 0.515 e. The molecule has 0 heterocycles. The molecule has 1 N–H and O–H groups in total. The maximum absolute atomic E-state index is 13.1. The second kappa shape index (κ2) is 6.43. The molecular formula is C16H12F4O. The molecule has 21 heavy (non-hydrogen) atoms. The number of allylic oxidation sites excluding steroid dienone is 1. The smallest absolute Gasteiger partial charge is 0.264 e. The summed E-state index contributed by atoms with van der Waals surface area (Å²) in [5.74, 6) is -1.97. The van der Waals surface area contributed by atoms with Crippen LogP contribution in [-0.4, -0.2) is 11.5 Å². The highest BCUT2D eigenvalue weighted by Crippen LogP contribution is 2.35. The molecule has 0 saturated carbocycles. The lowest BCUT2D eigenvalue weighted by molar-refractivity contribution is 0.178. The van der Waals surface area contributed by atoms with Gasteiger partial charge in [-0.15, -0.1) is 0 Å². The Morgan fingerprint density at radius 1 is 0.810 bits per heavy atom. The van der Waals surface area contributed by atoms with Crippen molar-refractivity contribution in [2.75, 3.05) is 0 Å². The number of rotatable bonds is 4. The van der Waals surface area contributed by atoms with Gasteiger partial charge in [0.1, 0.15) is 11.6 Å². The lowest BCUT2D eigenvalue weighted by atomic mass is 9.85. The van der Waals surface area contributed by atoms with Crippen molar-refractivity contribution in [3.05, 3.63) is 83.1 Å². The van der Waals surface area contributed by atoms with Gasteiger partial charge in [0.05, 0.1) is 6.26 Å². The molecule has 110 valence electrons. The highest BCUT2D eigenvalue weighted by Gasteiger charge is 2.26. The number of alkyl halides is 2. The monoisotopic (exact) mass is 296 g/mol. The van der Waals surface area contributed by atoms with E-state index in [1.807, 2.05) is 0 Å². The third-order valence-corrected chi connectivity index (χ3v) is 3.14. The van der Waals surface area contributed by atoms with Gasteiger partial charge in [-0.25, -0.2) is 17.6 Å². The molecule has 0 spiro atoms. The fraction of sp³-hybridized carbons (Fsp3) is 0.125. The first-order valence-electron chi connectivity index (χ1n) is 6.16. The minimum absolute atomic E-state index is 0.349. The third-order valence-electron chi connectivity index (χ3n) is 3.14. The van der Waals surface area contributed by atoms with Crippen molar-refractivity contribution < 1.29 is 22.7 Å². The van der Waals surface area contributed by atoms with Crippen LogP contribution in [0.15, 0.2) is 60.4 Å². The molecule has 0 fully saturated rings. The van der Waals surface area contributed by atoms with Crippen LogP contribution in [0.25, 0.3) is 0 Å². The molecule has 2 aromatic rings. The van der Waals surface area contributed by atoms with Crippen LogP contribution in [0.4, 0.5) is 17.6 Å². The fourth-order valence-corrected chi connectivity index (χ4v) is 2.14. The average molecular weight is 296 g/mol. The van der Waals surface area contributed by atoms with Crippen LogP contribution in [-0.2, 0) is 0 Å². The van der Waals surface area contributed by atoms with E-state index < -0.39 is 29.6 Å². The minimum atomic E-state index is -2.89. The molecule has 0 aliphatic rings. The van der Waals surface area contributed by atoms with E-state index >= 15 is 0 Å². The first kappa shape index (κ1) is 15.1. The van der Waals surface area contributed by atoms with Crippen LogP contribution in [0.5, 0.6) is 0 Å². The normalized spacial score (nSPS) is 12.2. The van der Waals surface area contributed by atoms with E-state index in [0.717, 1.165) is 24.3 Å². The molecule has 0 unspecified atom stereocenters. The Morgan fingerprint density at radius 3 is 1.48 bits per heavy atom. The fourth-order valence-electron chi connectivity index (χ4n) is 2.14. The number of hydrogen-bond donors (Lipinski definition) is 1. The zero-order valence-corrected chi connectivity index (χ0v) is 10.8. The molecule has 0 aromatic heterocycles. The standard InChI is InChI=1S/C16H12F4O/c17-12-5-1-10(2-6-12)15(14(9-21)16(19)20)11-3-7-13(18)8-4-11/h1-9,15-16,21H/b14-9+. The molecule has 0 aliphatic heterocycles. The second-order valence-electron chi connectivity index (χ2n) is 4.47. The van der Waals surface area contributed by atoms with E-state index in [2.05, 4.69) is 0 Å². The summed E-state index contributed by atoms with van der Waals surface area (Å²) in [6.07, 6.45) is -2.54. The number of hydrogen-bond acceptors (Lipinski definition) is 1. The topological polar surface area (TPSA) is 20.2 Å². The lowest BCUT2D eigenvalue weighted by Gasteiger charge is -2.20. The molecule has 0 radical (unpaired) electrons. The second-order valence-corrected chi connectivity index (χ2v) is 4.47. The van der Waals surface area contributed by atoms with Crippen LogP contribution in [0.3, 0.4) is 0 Å². The Kier molecular flexibility index (Phi) is 4.62. The Balaban J connectivity index is 2.53. The number of benzene rings is 2. The van der Waals surface area contributed by atoms with Crippen molar-refractivity contribution in [1.29, 1.82) is 0 Å². The van der Waals surface area contributed by atoms with E-state index in [1.165, 1.54) is 24.3 Å². The summed E-state index contributed by atoms with van der Waals surface area (Å²) < 4.78 is 52.2. The van der Waals surface area contributed by atoms with Gasteiger partial charge in [-0.05, 0) is 35.4 Å². The van der Waals surface area contributed by atoms with Crippen LogP contribution >= 0.6 is 0 Å². The Morgan fingerprint density at radius 2 is 1.19 bits per heavy atom. The van der Waals surface area contributed by atoms with Crippen LogP contribution in [0.2, 0.25) is 0 Å². The van der Waals surface area contributed by atoms with Crippen molar-refractivity contribution in [1.82, 2.24) is 0 Å². The quantitative estimate of drug-likeness (QED) is 0.634. The molecule has 2 rings (SSSR count). The molecule has 0 saturated heterocycles. The Bertz CT molecular complexity index is 572. The van der Waals surface area contributed by atoms with Gasteiger partial charge in [-0.3, -0.25) is 0 Å². The first-order chi connectivity index (χ1) is 10.0. The minimum Gasteiger partial charge on any atom is -0.515 e. The average Bonchev–Trinajstić information content (AvgIpc) is 2.46. The van der Waals surface area contributed by atoms with Gasteiger partial charge in [0.15, 0.2) is 0 Å². The van der Waals surface area contributed by atoms with Crippen LogP contribution in [0, 0.1) is 11.6 Å². The number of aliphatic hydroxyl groups excluding tert-OH is 1. The highest BCUT2D eigenvalue weighted by atomic mass is 19.3. The van der Waals surface area contributed by atoms with Crippen molar-refractivity contribution in [2.45, 2.75) is 12.3 Å². The van der Waals surface area contributed by atoms with E-state index in [4.69, 9.17) is 5.11 Å². The first-order valence-corrected chi connectivity index (χ1v) is 6.16. The summed E-state index contributed by atoms with van der Waals surface area (Å²) in [6, 6.07) is 10.0. The van der Waals surface area contributed by atoms with E-state index in [0.29, 0.717) is 17.4 Å². The SMILES string of the molecule is O/C=C(/C(F)F)C(c1ccc(F)cc1)c1ccc(F)cc1. The van der Waals surface area contributed by atoms with Crippen molar-refractivity contribution >= 4 is 0 Å². The maximum Gasteiger partial charge on any atom is 0.264 e. The Hall–Kier alpha value is -2.30. The van der Waals surface area contributed by atoms with Gasteiger partial charge in [0.2, 0.25) is 0 Å². The van der Waals surface area contributed by atoms with E-state index in [9.17, 15) is 17.6 Å². The summed E-state index contributed by atoms with van der Waals surface area (Å²) in [5.41, 5.74) is 0.223. The molecular weight excluding hydrogens is 284 g/mol. The zero-order valence-electron chi connectivity index (χ0n) is 10.8. The number of aliphatic hydroxyl groups is 1. The molecule has 0 atom stereocenters. The predicted molar refractivity (Wildman–Crippen MR) is 71.4 cm³/mol. The molecule has 0 bridgehead atoms. The summed E-state index contributed by atoms with van der Waals surface area (Å²) >= 11 is 0. The summed E-state index contributed by atoms with van der Waals surface area (Å²) in [5, 5.41) is 9.11. The summed E-state index contributed by atoms with van der Waals surface area (Å²) in [7, 11) is 0. The van der Waals surface area contributed by atoms with Crippen molar-refractivity contribution in [3.8, 4) is 0 Å². The third kappa shape index (κ3) is 3.42. The van der Waals surface area contributed by atoms with Gasteiger partial charge in [-0.1, -0.05) is 24.3 Å². The van der Waals surface area contributed by atoms with Crippen molar-refractivity contribution in [3.63, 3.8) is 0 Å². The maximum atomic E-state index is 13.1. The summed E-state index contributed by atoms with van der Waals surface area (Å²) in [4.78, 5) is 0. The van der Waals surface area contributed by atoms with Gasteiger partial charge in [-0.2, -0.15) is 0 Å². The van der Waals surface area contributed by atoms with E-state index in [-0.39, 0.29) is 0 Å². The highest BCUT2D eigenvalue weighted by molar-refractivity contribution is 5.41. The van der Waals surface area contributed by atoms with Gasteiger partial charge >= 0.3 is 0 Å². The zero-order chi connectivity index (χ0) is 15.4. The van der Waals surface area contributed by atoms with Gasteiger partial charge in [0.25, 0.3) is 6.43 Å². The van der Waals surface area contributed by atoms with E-state index in [1.54, 1.807) is 0 Å². The predicted octanol–water partition coefficient (Wildman–Crippen LogP) is 4.80. The number of halogens is 4. The molecule has 2 aromatic carbocycles. The molecule has 1 nitrogen and oxygen atoms in total. The lowest BCUT2D eigenvalue weighted by Crippen LogP contribution is -2.11. The van der Waals surface area contributed by atoms with Crippen LogP contribution in [0.1, 0.15) is 17.0 Å². The Labute approximate surface area is 119 Å². The van der Waals surface area contributed by atoms with Crippen molar-refractivity contribution in [2.24, 2.45) is 0 Å². The van der Waals surface area contributed by atoms with Gasteiger partial charge < -0.3 is 5.11 Å². The molecule has 0 amide bonds. The van der Waals surface area contributed by atoms with Crippen LogP contribution < -0.4 is 0 Å².